The van der Waals surface area contributed by atoms with E-state index in [1.807, 2.05) is 0 Å². The molecule has 2 aromatic rings. The maximum absolute atomic E-state index is 13.7. The third-order valence-electron chi connectivity index (χ3n) is 4.58. The highest BCUT2D eigenvalue weighted by atomic mass is 19.1. The number of nitrogens with zero attached hydrogens (tertiary/aromatic N) is 2. The largest absolute Gasteiger partial charge is 0.339 e. The van der Waals surface area contributed by atoms with Crippen molar-refractivity contribution in [3.63, 3.8) is 0 Å². The molecule has 0 N–H and O–H groups in total. The number of carbonyl (C=O) groups is 2. The highest BCUT2D eigenvalue weighted by Gasteiger charge is 2.25. The van der Waals surface area contributed by atoms with Gasteiger partial charge in [-0.05, 0) is 23.3 Å². The first-order valence-electron chi connectivity index (χ1n) is 8.57. The van der Waals surface area contributed by atoms with Crippen molar-refractivity contribution in [3.8, 4) is 0 Å². The van der Waals surface area contributed by atoms with E-state index in [1.54, 1.807) is 46.2 Å². The minimum absolute atomic E-state index is 0.00977. The van der Waals surface area contributed by atoms with Gasteiger partial charge in [-0.2, -0.15) is 0 Å². The summed E-state index contributed by atoms with van der Waals surface area (Å²) in [7, 11) is 0. The summed E-state index contributed by atoms with van der Waals surface area (Å²) in [5, 5.41) is 0. The zero-order valence-electron chi connectivity index (χ0n) is 14.3. The number of halogens is 2. The molecule has 1 heterocycles. The third kappa shape index (κ3) is 4.25. The van der Waals surface area contributed by atoms with Crippen LogP contribution in [0.4, 0.5) is 8.78 Å². The van der Waals surface area contributed by atoms with Gasteiger partial charge in [-0.15, -0.1) is 0 Å². The van der Waals surface area contributed by atoms with Crippen molar-refractivity contribution in [2.45, 2.75) is 12.8 Å². The molecular formula is C20H20F2N2O2. The van der Waals surface area contributed by atoms with Crippen molar-refractivity contribution in [2.24, 2.45) is 0 Å². The van der Waals surface area contributed by atoms with Gasteiger partial charge in [-0.3, -0.25) is 9.59 Å². The minimum atomic E-state index is -0.389. The Morgan fingerprint density at radius 2 is 1.04 bits per heavy atom. The Morgan fingerprint density at radius 1 is 0.692 bits per heavy atom. The monoisotopic (exact) mass is 358 g/mol. The molecule has 1 fully saturated rings. The fourth-order valence-corrected chi connectivity index (χ4v) is 3.04. The van der Waals surface area contributed by atoms with Gasteiger partial charge in [-0.1, -0.05) is 36.4 Å². The zero-order valence-corrected chi connectivity index (χ0v) is 14.3. The number of piperazine rings is 1. The number of carbonyl (C=O) groups excluding carboxylic acids is 2. The van der Waals surface area contributed by atoms with E-state index >= 15 is 0 Å². The van der Waals surface area contributed by atoms with Crippen molar-refractivity contribution >= 4 is 11.8 Å². The second kappa shape index (κ2) is 8.08. The topological polar surface area (TPSA) is 40.6 Å². The van der Waals surface area contributed by atoms with Crippen LogP contribution in [0.1, 0.15) is 11.1 Å². The fourth-order valence-electron chi connectivity index (χ4n) is 3.04. The average molecular weight is 358 g/mol. The van der Waals surface area contributed by atoms with Crippen LogP contribution in [0.5, 0.6) is 0 Å². The minimum Gasteiger partial charge on any atom is -0.339 e. The van der Waals surface area contributed by atoms with E-state index in [0.29, 0.717) is 37.3 Å². The summed E-state index contributed by atoms with van der Waals surface area (Å²) in [5.41, 5.74) is 0.742. The fraction of sp³-hybridized carbons (Fsp3) is 0.300. The quantitative estimate of drug-likeness (QED) is 0.842. The van der Waals surface area contributed by atoms with Crippen LogP contribution < -0.4 is 0 Å². The van der Waals surface area contributed by atoms with Crippen molar-refractivity contribution in [1.82, 2.24) is 9.80 Å². The average Bonchev–Trinajstić information content (AvgIpc) is 2.65. The highest BCUT2D eigenvalue weighted by Crippen LogP contribution is 2.13. The summed E-state index contributed by atoms with van der Waals surface area (Å²) in [4.78, 5) is 28.0. The zero-order chi connectivity index (χ0) is 18.5. The molecule has 0 aromatic heterocycles. The maximum atomic E-state index is 13.7. The van der Waals surface area contributed by atoms with Gasteiger partial charge in [0.2, 0.25) is 11.8 Å². The number of rotatable bonds is 4. The number of hydrogen-bond donors (Lipinski definition) is 0. The molecule has 0 saturated carbocycles. The first kappa shape index (κ1) is 18.0. The summed E-state index contributed by atoms with van der Waals surface area (Å²) in [5.74, 6) is -1.09. The Morgan fingerprint density at radius 3 is 1.38 bits per heavy atom. The van der Waals surface area contributed by atoms with Crippen molar-refractivity contribution in [2.75, 3.05) is 26.2 Å². The molecule has 1 saturated heterocycles. The SMILES string of the molecule is O=C(Cc1ccccc1F)N1CCN(C(=O)Cc2ccccc2F)CC1. The lowest BCUT2D eigenvalue weighted by Crippen LogP contribution is -2.51. The third-order valence-corrected chi connectivity index (χ3v) is 4.58. The van der Waals surface area contributed by atoms with Crippen molar-refractivity contribution < 1.29 is 18.4 Å². The normalized spacial score (nSPS) is 14.4. The molecule has 1 aliphatic heterocycles. The van der Waals surface area contributed by atoms with Crippen LogP contribution >= 0.6 is 0 Å². The van der Waals surface area contributed by atoms with Crippen molar-refractivity contribution in [3.05, 3.63) is 71.3 Å². The van der Waals surface area contributed by atoms with E-state index in [2.05, 4.69) is 0 Å². The lowest BCUT2D eigenvalue weighted by molar-refractivity contribution is -0.138. The van der Waals surface area contributed by atoms with Gasteiger partial charge < -0.3 is 9.80 Å². The Balaban J connectivity index is 1.52. The molecule has 0 atom stereocenters. The van der Waals surface area contributed by atoms with E-state index in [9.17, 15) is 18.4 Å². The van der Waals surface area contributed by atoms with Gasteiger partial charge in [0, 0.05) is 26.2 Å². The molecule has 3 rings (SSSR count). The van der Waals surface area contributed by atoms with Gasteiger partial charge >= 0.3 is 0 Å². The standard InChI is InChI=1S/C20H20F2N2O2/c21-17-7-3-1-5-15(17)13-19(25)23-9-11-24(12-10-23)20(26)14-16-6-2-4-8-18(16)22/h1-8H,9-14H2. The molecule has 26 heavy (non-hydrogen) atoms. The molecule has 0 bridgehead atoms. The van der Waals surface area contributed by atoms with E-state index in [0.717, 1.165) is 0 Å². The Kier molecular flexibility index (Phi) is 5.61. The number of benzene rings is 2. The van der Waals surface area contributed by atoms with Gasteiger partial charge in [0.05, 0.1) is 12.8 Å². The van der Waals surface area contributed by atoms with Crippen LogP contribution in [-0.2, 0) is 22.4 Å². The summed E-state index contributed by atoms with van der Waals surface area (Å²) < 4.78 is 27.3. The molecular weight excluding hydrogens is 338 g/mol. The molecule has 6 heteroatoms. The smallest absolute Gasteiger partial charge is 0.227 e. The van der Waals surface area contributed by atoms with Crippen LogP contribution in [0.25, 0.3) is 0 Å². The van der Waals surface area contributed by atoms with Crippen LogP contribution in [-0.4, -0.2) is 47.8 Å². The van der Waals surface area contributed by atoms with Gasteiger partial charge in [0.1, 0.15) is 11.6 Å². The van der Waals surface area contributed by atoms with E-state index in [4.69, 9.17) is 0 Å². The second-order valence-electron chi connectivity index (χ2n) is 6.30. The summed E-state index contributed by atoms with van der Waals surface area (Å²) >= 11 is 0. The second-order valence-corrected chi connectivity index (χ2v) is 6.30. The maximum Gasteiger partial charge on any atom is 0.227 e. The molecule has 2 aromatic carbocycles. The highest BCUT2D eigenvalue weighted by molar-refractivity contribution is 5.81. The molecule has 0 unspecified atom stereocenters. The summed E-state index contributed by atoms with van der Waals surface area (Å²) in [6.45, 7) is 1.60. The Hall–Kier alpha value is -2.76. The first-order valence-corrected chi connectivity index (χ1v) is 8.57. The van der Waals surface area contributed by atoms with Gasteiger partial charge in [-0.25, -0.2) is 8.78 Å². The number of amides is 2. The molecule has 136 valence electrons. The van der Waals surface area contributed by atoms with Crippen LogP contribution in [0.3, 0.4) is 0 Å². The van der Waals surface area contributed by atoms with E-state index < -0.39 is 0 Å². The van der Waals surface area contributed by atoms with Crippen LogP contribution in [0, 0.1) is 11.6 Å². The van der Waals surface area contributed by atoms with Gasteiger partial charge in [0.15, 0.2) is 0 Å². The lowest BCUT2D eigenvalue weighted by Gasteiger charge is -2.35. The first-order chi connectivity index (χ1) is 12.5. The Bertz CT molecular complexity index is 734. The molecule has 0 spiro atoms. The van der Waals surface area contributed by atoms with Gasteiger partial charge in [0.25, 0.3) is 0 Å². The predicted octanol–water partition coefficient (Wildman–Crippen LogP) is 2.42. The van der Waals surface area contributed by atoms with E-state index in [1.165, 1.54) is 12.1 Å². The lowest BCUT2D eigenvalue weighted by atomic mass is 10.1. The van der Waals surface area contributed by atoms with Crippen LogP contribution in [0.15, 0.2) is 48.5 Å². The molecule has 2 amide bonds. The van der Waals surface area contributed by atoms with Crippen LogP contribution in [0.2, 0.25) is 0 Å². The molecule has 0 aliphatic carbocycles. The van der Waals surface area contributed by atoms with E-state index in [-0.39, 0.29) is 36.3 Å². The molecule has 4 nitrogen and oxygen atoms in total. The summed E-state index contributed by atoms with van der Waals surface area (Å²) in [6.07, 6.45) is 0.0195. The molecule has 1 aliphatic rings. The van der Waals surface area contributed by atoms with Crippen molar-refractivity contribution in [1.29, 1.82) is 0 Å². The summed E-state index contributed by atoms with van der Waals surface area (Å²) in [6, 6.07) is 12.4. The predicted molar refractivity (Wildman–Crippen MR) is 93.4 cm³/mol. The Labute approximate surface area is 151 Å². The number of hydrogen-bond acceptors (Lipinski definition) is 2. The molecule has 0 radical (unpaired) electrons.